The number of allylic oxidation sites excluding steroid dienone is 1. The number of ether oxygens (including phenoxy) is 2. The summed E-state index contributed by atoms with van der Waals surface area (Å²) < 4.78 is 11.9. The Labute approximate surface area is 155 Å². The summed E-state index contributed by atoms with van der Waals surface area (Å²) in [4.78, 5) is 14.0. The van der Waals surface area contributed by atoms with Crippen LogP contribution in [0.2, 0.25) is 0 Å². The molecule has 0 saturated heterocycles. The molecule has 142 valence electrons. The quantitative estimate of drug-likeness (QED) is 0.847. The highest BCUT2D eigenvalue weighted by atomic mass is 16.7. The Balaban J connectivity index is 1.66. The number of amides is 1. The molecule has 0 bridgehead atoms. The van der Waals surface area contributed by atoms with Gasteiger partial charge in [0.25, 0.3) is 5.91 Å². The average molecular weight is 359 g/mol. The molecule has 1 heterocycles. The van der Waals surface area contributed by atoms with Crippen molar-refractivity contribution in [2.75, 3.05) is 14.1 Å². The topological polar surface area (TPSA) is 59.0 Å². The second-order valence-corrected chi connectivity index (χ2v) is 7.51. The van der Waals surface area contributed by atoms with Crippen LogP contribution in [0.15, 0.2) is 36.1 Å². The number of carbonyl (C=O) groups is 1. The first-order chi connectivity index (χ1) is 12.6. The molecule has 2 aliphatic rings. The van der Waals surface area contributed by atoms with Gasteiger partial charge in [-0.25, -0.2) is 0 Å². The van der Waals surface area contributed by atoms with Crippen molar-refractivity contribution in [2.45, 2.75) is 51.6 Å². The standard InChI is InChI=1S/C21H29NO4/c1-22(2)21(24)19-11-18(17-5-3-4-6-17)12-20(26-19)25-14-16-9-7-15(13-23)8-10-16/h7-11,17-18,20,23H,3-6,12-14H2,1-2H3/t18-,20+/m1/s1. The maximum Gasteiger partial charge on any atom is 0.288 e. The third-order valence-electron chi connectivity index (χ3n) is 5.35. The van der Waals surface area contributed by atoms with Crippen molar-refractivity contribution in [1.82, 2.24) is 4.90 Å². The monoisotopic (exact) mass is 359 g/mol. The smallest absolute Gasteiger partial charge is 0.288 e. The Morgan fingerprint density at radius 3 is 2.46 bits per heavy atom. The summed E-state index contributed by atoms with van der Waals surface area (Å²) in [7, 11) is 3.48. The third-order valence-corrected chi connectivity index (χ3v) is 5.35. The van der Waals surface area contributed by atoms with Crippen LogP contribution in [0.4, 0.5) is 0 Å². The van der Waals surface area contributed by atoms with Crippen molar-refractivity contribution in [3.63, 3.8) is 0 Å². The van der Waals surface area contributed by atoms with Crippen molar-refractivity contribution < 1.29 is 19.4 Å². The molecular weight excluding hydrogens is 330 g/mol. The van der Waals surface area contributed by atoms with E-state index in [1.165, 1.54) is 25.7 Å². The zero-order chi connectivity index (χ0) is 18.5. The van der Waals surface area contributed by atoms with Gasteiger partial charge in [-0.3, -0.25) is 4.79 Å². The fourth-order valence-corrected chi connectivity index (χ4v) is 3.80. The number of likely N-dealkylation sites (N-methyl/N-ethyl adjacent to an activating group) is 1. The molecule has 1 aliphatic carbocycles. The van der Waals surface area contributed by atoms with Crippen LogP contribution in [0.1, 0.15) is 43.2 Å². The van der Waals surface area contributed by atoms with Gasteiger partial charge in [0.15, 0.2) is 5.76 Å². The second-order valence-electron chi connectivity index (χ2n) is 7.51. The van der Waals surface area contributed by atoms with E-state index in [1.54, 1.807) is 19.0 Å². The van der Waals surface area contributed by atoms with Gasteiger partial charge in [0.2, 0.25) is 6.29 Å². The summed E-state index contributed by atoms with van der Waals surface area (Å²) in [5.41, 5.74) is 1.91. The van der Waals surface area contributed by atoms with Crippen LogP contribution in [0, 0.1) is 11.8 Å². The van der Waals surface area contributed by atoms with Gasteiger partial charge < -0.3 is 19.5 Å². The first kappa shape index (κ1) is 18.9. The molecule has 5 heteroatoms. The molecule has 1 aromatic carbocycles. The van der Waals surface area contributed by atoms with E-state index in [2.05, 4.69) is 0 Å². The van der Waals surface area contributed by atoms with Gasteiger partial charge in [0, 0.05) is 20.5 Å². The Kier molecular flexibility index (Phi) is 6.33. The summed E-state index contributed by atoms with van der Waals surface area (Å²) in [5.74, 6) is 1.28. The average Bonchev–Trinajstić information content (AvgIpc) is 3.20. The minimum Gasteiger partial charge on any atom is -0.459 e. The summed E-state index contributed by atoms with van der Waals surface area (Å²) in [6.45, 7) is 0.466. The molecular formula is C21H29NO4. The lowest BCUT2D eigenvalue weighted by Gasteiger charge is -2.32. The van der Waals surface area contributed by atoms with Crippen LogP contribution in [0.25, 0.3) is 0 Å². The minimum atomic E-state index is -0.401. The lowest BCUT2D eigenvalue weighted by molar-refractivity contribution is -0.159. The van der Waals surface area contributed by atoms with E-state index in [9.17, 15) is 4.79 Å². The molecule has 5 nitrogen and oxygen atoms in total. The maximum atomic E-state index is 12.4. The number of aliphatic hydroxyl groups is 1. The lowest BCUT2D eigenvalue weighted by Crippen LogP contribution is -2.34. The molecule has 26 heavy (non-hydrogen) atoms. The first-order valence-corrected chi connectivity index (χ1v) is 9.47. The van der Waals surface area contributed by atoms with Gasteiger partial charge in [0.1, 0.15) is 0 Å². The molecule has 1 fully saturated rings. The van der Waals surface area contributed by atoms with E-state index < -0.39 is 6.29 Å². The SMILES string of the molecule is CN(C)C(=O)C1=C[C@@H](C2CCCC2)C[C@@H](OCc2ccc(CO)cc2)O1. The molecule has 1 amide bonds. The fourth-order valence-electron chi connectivity index (χ4n) is 3.80. The number of nitrogens with zero attached hydrogens (tertiary/aromatic N) is 1. The summed E-state index contributed by atoms with van der Waals surface area (Å²) in [6.07, 6.45) is 7.41. The molecule has 1 N–H and O–H groups in total. The highest BCUT2D eigenvalue weighted by Gasteiger charge is 2.33. The molecule has 0 aromatic heterocycles. The summed E-state index contributed by atoms with van der Waals surface area (Å²) in [5, 5.41) is 9.13. The van der Waals surface area contributed by atoms with Crippen molar-refractivity contribution >= 4 is 5.91 Å². The van der Waals surface area contributed by atoms with Gasteiger partial charge in [0.05, 0.1) is 13.2 Å². The van der Waals surface area contributed by atoms with E-state index in [4.69, 9.17) is 14.6 Å². The fraction of sp³-hybridized carbons (Fsp3) is 0.571. The number of carbonyl (C=O) groups excluding carboxylic acids is 1. The Morgan fingerprint density at radius 2 is 1.85 bits per heavy atom. The van der Waals surface area contributed by atoms with Crippen molar-refractivity contribution in [3.8, 4) is 0 Å². The number of aliphatic hydroxyl groups excluding tert-OH is 1. The van der Waals surface area contributed by atoms with Crippen molar-refractivity contribution in [1.29, 1.82) is 0 Å². The van der Waals surface area contributed by atoms with Crippen molar-refractivity contribution in [3.05, 3.63) is 47.2 Å². The predicted octanol–water partition coefficient (Wildman–Crippen LogP) is 3.22. The highest BCUT2D eigenvalue weighted by Crippen LogP contribution is 2.38. The second kappa shape index (κ2) is 8.69. The van der Waals surface area contributed by atoms with Crippen LogP contribution >= 0.6 is 0 Å². The molecule has 0 radical (unpaired) electrons. The maximum absolute atomic E-state index is 12.4. The molecule has 1 saturated carbocycles. The van der Waals surface area contributed by atoms with Gasteiger partial charge in [-0.05, 0) is 41.9 Å². The van der Waals surface area contributed by atoms with Crippen molar-refractivity contribution in [2.24, 2.45) is 11.8 Å². The number of rotatable bonds is 6. The van der Waals surface area contributed by atoms with Gasteiger partial charge in [-0.1, -0.05) is 37.1 Å². The van der Waals surface area contributed by atoms with E-state index in [0.717, 1.165) is 17.5 Å². The Bertz CT molecular complexity index is 632. The number of hydrogen-bond donors (Lipinski definition) is 1. The third kappa shape index (κ3) is 4.65. The lowest BCUT2D eigenvalue weighted by atomic mass is 9.86. The van der Waals surface area contributed by atoms with E-state index >= 15 is 0 Å². The molecule has 1 aromatic rings. The molecule has 2 atom stereocenters. The van der Waals surface area contributed by atoms with Gasteiger partial charge in [-0.15, -0.1) is 0 Å². The van der Waals surface area contributed by atoms with Crippen LogP contribution in [0.3, 0.4) is 0 Å². The summed E-state index contributed by atoms with van der Waals surface area (Å²) >= 11 is 0. The number of benzene rings is 1. The largest absolute Gasteiger partial charge is 0.459 e. The van der Waals surface area contributed by atoms with Crippen LogP contribution in [0.5, 0.6) is 0 Å². The summed E-state index contributed by atoms with van der Waals surface area (Å²) in [6, 6.07) is 7.68. The first-order valence-electron chi connectivity index (χ1n) is 9.47. The van der Waals surface area contributed by atoms with E-state index in [0.29, 0.717) is 24.2 Å². The molecule has 3 rings (SSSR count). The zero-order valence-electron chi connectivity index (χ0n) is 15.7. The van der Waals surface area contributed by atoms with Crippen LogP contribution in [-0.4, -0.2) is 36.3 Å². The normalized spacial score (nSPS) is 23.4. The highest BCUT2D eigenvalue weighted by molar-refractivity contribution is 5.91. The van der Waals surface area contributed by atoms with E-state index in [1.807, 2.05) is 30.3 Å². The predicted molar refractivity (Wildman–Crippen MR) is 98.9 cm³/mol. The van der Waals surface area contributed by atoms with Crippen LogP contribution in [-0.2, 0) is 27.5 Å². The Morgan fingerprint density at radius 1 is 1.19 bits per heavy atom. The molecule has 0 spiro atoms. The Hall–Kier alpha value is -1.85. The van der Waals surface area contributed by atoms with Gasteiger partial charge in [-0.2, -0.15) is 0 Å². The van der Waals surface area contributed by atoms with Gasteiger partial charge >= 0.3 is 0 Å². The zero-order valence-corrected chi connectivity index (χ0v) is 15.7. The minimum absolute atomic E-state index is 0.0384. The molecule has 0 unspecified atom stereocenters. The van der Waals surface area contributed by atoms with E-state index in [-0.39, 0.29) is 12.5 Å². The number of hydrogen-bond acceptors (Lipinski definition) is 4. The van der Waals surface area contributed by atoms with Crippen LogP contribution < -0.4 is 0 Å². The molecule has 1 aliphatic heterocycles.